The number of carbonyl (C=O) groups is 2. The zero-order valence-corrected chi connectivity index (χ0v) is 29.6. The maximum atomic E-state index is 16.2. The summed E-state index contributed by atoms with van der Waals surface area (Å²) in [5.41, 5.74) is 3.81. The number of imidazole rings is 1. The lowest BCUT2D eigenvalue weighted by Gasteiger charge is -2.58. The van der Waals surface area contributed by atoms with Crippen LogP contribution in [0.1, 0.15) is 42.0 Å². The van der Waals surface area contributed by atoms with Crippen molar-refractivity contribution >= 4 is 28.5 Å². The van der Waals surface area contributed by atoms with Gasteiger partial charge in [0.25, 0.3) is 11.5 Å². The molecule has 14 heteroatoms. The lowest BCUT2D eigenvalue weighted by atomic mass is 9.68. The molecule has 12 nitrogen and oxygen atoms in total. The van der Waals surface area contributed by atoms with Gasteiger partial charge in [-0.3, -0.25) is 33.7 Å². The molecule has 3 saturated heterocycles. The normalized spacial score (nSPS) is 20.1. The predicted molar refractivity (Wildman–Crippen MR) is 188 cm³/mol. The van der Waals surface area contributed by atoms with E-state index in [1.807, 2.05) is 30.0 Å². The van der Waals surface area contributed by atoms with E-state index in [1.165, 1.54) is 13.7 Å². The number of hydrogen-bond acceptors (Lipinski definition) is 8. The van der Waals surface area contributed by atoms with Gasteiger partial charge >= 0.3 is 5.69 Å². The maximum Gasteiger partial charge on any atom is 0.329 e. The number of rotatable bonds is 7. The molecule has 0 aliphatic carbocycles. The van der Waals surface area contributed by atoms with E-state index in [2.05, 4.69) is 5.32 Å². The number of benzene rings is 2. The Morgan fingerprint density at radius 1 is 0.961 bits per heavy atom. The number of alkyl halides is 2. The van der Waals surface area contributed by atoms with E-state index in [9.17, 15) is 19.2 Å². The molecule has 1 unspecified atom stereocenters. The van der Waals surface area contributed by atoms with Crippen molar-refractivity contribution in [1.29, 1.82) is 0 Å². The summed E-state index contributed by atoms with van der Waals surface area (Å²) >= 11 is 0. The maximum absolute atomic E-state index is 16.2. The van der Waals surface area contributed by atoms with Crippen LogP contribution >= 0.6 is 0 Å². The summed E-state index contributed by atoms with van der Waals surface area (Å²) in [4.78, 5) is 53.9. The monoisotopic (exact) mass is 704 g/mol. The fourth-order valence-corrected chi connectivity index (χ4v) is 8.15. The largest absolute Gasteiger partial charge is 0.496 e. The highest BCUT2D eigenvalue weighted by atomic mass is 19.3. The number of fused-ring (bicyclic) bond motifs is 1. The molecule has 3 aliphatic rings. The molecule has 3 aliphatic heterocycles. The summed E-state index contributed by atoms with van der Waals surface area (Å²) in [6, 6.07) is 8.21. The number of ether oxygens (including phenoxy) is 2. The number of anilines is 1. The third-order valence-electron chi connectivity index (χ3n) is 11.3. The zero-order valence-electron chi connectivity index (χ0n) is 29.6. The molecule has 270 valence electrons. The molecule has 2 aromatic carbocycles. The van der Waals surface area contributed by atoms with Gasteiger partial charge in [-0.25, -0.2) is 13.6 Å². The van der Waals surface area contributed by atoms with Crippen LogP contribution in [-0.4, -0.2) is 76.7 Å². The second kappa shape index (κ2) is 12.4. The molecule has 0 radical (unpaired) electrons. The molecule has 0 saturated carbocycles. The van der Waals surface area contributed by atoms with Crippen LogP contribution in [-0.2, 0) is 30.2 Å². The number of likely N-dealkylation sites (tertiary alicyclic amines) is 1. The van der Waals surface area contributed by atoms with Gasteiger partial charge in [-0.05, 0) is 68.6 Å². The minimum atomic E-state index is -3.01. The summed E-state index contributed by atoms with van der Waals surface area (Å²) in [5.74, 6) is -2.89. The van der Waals surface area contributed by atoms with Gasteiger partial charge in [0, 0.05) is 57.5 Å². The average molecular weight is 705 g/mol. The molecular weight excluding hydrogens is 662 g/mol. The van der Waals surface area contributed by atoms with Crippen molar-refractivity contribution in [3.63, 3.8) is 0 Å². The quantitative estimate of drug-likeness (QED) is 0.290. The zero-order chi connectivity index (χ0) is 36.6. The molecule has 2 amide bonds. The molecule has 3 fully saturated rings. The average Bonchev–Trinajstić information content (AvgIpc) is 3.33. The van der Waals surface area contributed by atoms with Crippen molar-refractivity contribution in [2.24, 2.45) is 19.5 Å². The molecule has 1 N–H and O–H groups in total. The van der Waals surface area contributed by atoms with Gasteiger partial charge in [0.2, 0.25) is 11.8 Å². The smallest absolute Gasteiger partial charge is 0.329 e. The van der Waals surface area contributed by atoms with E-state index < -0.39 is 35.5 Å². The first-order valence-corrected chi connectivity index (χ1v) is 17.0. The number of aryl methyl sites for hydroxylation is 2. The van der Waals surface area contributed by atoms with Gasteiger partial charge < -0.3 is 18.9 Å². The van der Waals surface area contributed by atoms with E-state index in [0.717, 1.165) is 16.7 Å². The molecule has 4 aromatic rings. The highest BCUT2D eigenvalue weighted by molar-refractivity contribution is 6.00. The van der Waals surface area contributed by atoms with Gasteiger partial charge in [-0.15, -0.1) is 0 Å². The number of hydrogen-bond donors (Lipinski definition) is 1. The van der Waals surface area contributed by atoms with Crippen LogP contribution < -0.4 is 30.9 Å². The number of pyridine rings is 1. The second-order valence-electron chi connectivity index (χ2n) is 14.2. The Morgan fingerprint density at radius 2 is 1.65 bits per heavy atom. The molecule has 2 aromatic heterocycles. The van der Waals surface area contributed by atoms with Crippen molar-refractivity contribution in [2.75, 3.05) is 45.3 Å². The number of piperidine rings is 2. The van der Waals surface area contributed by atoms with Gasteiger partial charge in [0.15, 0.2) is 0 Å². The Bertz CT molecular complexity index is 2190. The minimum Gasteiger partial charge on any atom is -0.496 e. The number of nitrogens with one attached hydrogen (secondary N) is 1. The van der Waals surface area contributed by atoms with Gasteiger partial charge in [-0.2, -0.15) is 0 Å². The van der Waals surface area contributed by atoms with Crippen LogP contribution in [0.4, 0.5) is 14.5 Å². The Morgan fingerprint density at radius 3 is 2.27 bits per heavy atom. The third-order valence-corrected chi connectivity index (χ3v) is 11.3. The molecule has 0 bridgehead atoms. The first kappa shape index (κ1) is 34.5. The highest BCUT2D eigenvalue weighted by Crippen LogP contribution is 2.52. The van der Waals surface area contributed by atoms with Crippen molar-refractivity contribution in [1.82, 2.24) is 23.9 Å². The van der Waals surface area contributed by atoms with E-state index >= 15 is 8.78 Å². The fourth-order valence-electron chi connectivity index (χ4n) is 8.15. The van der Waals surface area contributed by atoms with Crippen molar-refractivity contribution in [3.8, 4) is 22.6 Å². The van der Waals surface area contributed by atoms with E-state index in [0.29, 0.717) is 45.9 Å². The summed E-state index contributed by atoms with van der Waals surface area (Å²) in [6.45, 7) is 4.11. The Hall–Kier alpha value is -4.98. The molecule has 7 rings (SSSR count). The predicted octanol–water partition coefficient (Wildman–Crippen LogP) is 3.67. The lowest BCUT2D eigenvalue weighted by Crippen LogP contribution is -2.70. The number of methoxy groups -OCH3 is 2. The highest BCUT2D eigenvalue weighted by Gasteiger charge is 2.62. The number of para-hydroxylation sites is 1. The van der Waals surface area contributed by atoms with Crippen LogP contribution in [0.15, 0.2) is 46.1 Å². The van der Waals surface area contributed by atoms with Crippen LogP contribution in [0, 0.1) is 19.3 Å². The summed E-state index contributed by atoms with van der Waals surface area (Å²) in [6.07, 6.45) is 2.38. The van der Waals surface area contributed by atoms with Crippen molar-refractivity contribution < 1.29 is 27.8 Å². The summed E-state index contributed by atoms with van der Waals surface area (Å²) in [7, 11) is 6.39. The molecule has 51 heavy (non-hydrogen) atoms. The number of carbonyl (C=O) groups excluding carboxylic acids is 2. The lowest BCUT2D eigenvalue weighted by molar-refractivity contribution is -0.181. The molecule has 1 atom stereocenters. The number of aromatic nitrogens is 3. The van der Waals surface area contributed by atoms with Gasteiger partial charge in [0.05, 0.1) is 48.5 Å². The standard InChI is InChI=1S/C37H42F2N6O6/c1-21-22(2)34(48)41(3)16-24(21)23-14-29(50-5)25(30(15-23)51-6)17-43-13-12-36(37(38,39)20-43)18-44(19-36)26-8-7-9-27-32(26)42(4)35(49)45(27)28-10-11-31(46)40-33(28)47/h7-9,14-16,28H,10-13,17-20H2,1-6H3,(H,40,46,47). The van der Waals surface area contributed by atoms with Crippen LogP contribution in [0.3, 0.4) is 0 Å². The Balaban J connectivity index is 1.11. The van der Waals surface area contributed by atoms with Crippen LogP contribution in [0.5, 0.6) is 11.5 Å². The van der Waals surface area contributed by atoms with Crippen molar-refractivity contribution in [2.45, 2.75) is 51.6 Å². The van der Waals surface area contributed by atoms with Crippen LogP contribution in [0.2, 0.25) is 0 Å². The Labute approximate surface area is 293 Å². The topological polar surface area (TPSA) is 120 Å². The van der Waals surface area contributed by atoms with E-state index in [1.54, 1.807) is 58.5 Å². The SMILES string of the molecule is COc1cc(-c2cn(C)c(=O)c(C)c2C)cc(OC)c1CN1CCC2(CN(c3cccc4c3n(C)c(=O)n4C3CCC(=O)NC3=O)C2)C(F)(F)C1. The summed E-state index contributed by atoms with van der Waals surface area (Å²) < 4.78 is 48.4. The Kier molecular flexibility index (Phi) is 8.35. The molecular formula is C37H42F2N6O6. The molecule has 1 spiro atoms. The second-order valence-corrected chi connectivity index (χ2v) is 14.2. The van der Waals surface area contributed by atoms with E-state index in [-0.39, 0.29) is 50.4 Å². The third kappa shape index (κ3) is 5.42. The first-order valence-electron chi connectivity index (χ1n) is 17.0. The number of imide groups is 1. The fraction of sp³-hybridized carbons (Fsp3) is 0.459. The minimum absolute atomic E-state index is 0.0725. The number of halogens is 2. The molecule has 5 heterocycles. The number of amides is 2. The van der Waals surface area contributed by atoms with Crippen molar-refractivity contribution in [3.05, 3.63) is 74.1 Å². The summed E-state index contributed by atoms with van der Waals surface area (Å²) in [5, 5.41) is 2.32. The first-order chi connectivity index (χ1) is 24.2. The van der Waals surface area contributed by atoms with Gasteiger partial charge in [0.1, 0.15) is 17.5 Å². The van der Waals surface area contributed by atoms with Crippen LogP contribution in [0.25, 0.3) is 22.2 Å². The van der Waals surface area contributed by atoms with Gasteiger partial charge in [-0.1, -0.05) is 6.07 Å². The van der Waals surface area contributed by atoms with E-state index in [4.69, 9.17) is 9.47 Å². The number of nitrogens with zero attached hydrogens (tertiary/aromatic N) is 5.